The van der Waals surface area contributed by atoms with E-state index in [2.05, 4.69) is 18.7 Å². The number of likely N-dealkylation sites (N-methyl/N-ethyl adjacent to an activating group) is 1. The number of methoxy groups -OCH3 is 2. The van der Waals surface area contributed by atoms with Crippen LogP contribution in [0, 0.1) is 35.5 Å². The van der Waals surface area contributed by atoms with Gasteiger partial charge < -0.3 is 63.4 Å². The first-order valence-electron chi connectivity index (χ1n) is 22.6. The Morgan fingerprint density at radius 1 is 0.820 bits per heavy atom. The normalized spacial score (nSPS) is 44.3. The Balaban J connectivity index is 1.68. The van der Waals surface area contributed by atoms with Crippen LogP contribution in [0.2, 0.25) is 0 Å². The maximum atomic E-state index is 14.0. The molecule has 19 atom stereocenters. The summed E-state index contributed by atoms with van der Waals surface area (Å²) in [5, 5.41) is 45.3. The fraction of sp³-hybridized carbons (Fsp3) is 0.870. The highest BCUT2D eigenvalue weighted by molar-refractivity contribution is 5.91. The Bertz CT molecular complexity index is 1420. The monoisotopic (exact) mass is 869 g/mol. The average molecular weight is 869 g/mol. The quantitative estimate of drug-likeness (QED) is 0.209. The van der Waals surface area contributed by atoms with E-state index in [0.717, 1.165) is 25.2 Å². The lowest BCUT2D eigenvalue weighted by molar-refractivity contribution is -0.304. The molecule has 4 N–H and O–H groups in total. The lowest BCUT2D eigenvalue weighted by Crippen LogP contribution is -2.63. The summed E-state index contributed by atoms with van der Waals surface area (Å²) in [6.07, 6.45) is -2.96. The smallest absolute Gasteiger partial charge is 0.308 e. The molecule has 0 radical (unpaired) electrons. The third-order valence-corrected chi connectivity index (χ3v) is 13.5. The van der Waals surface area contributed by atoms with Crippen molar-refractivity contribution in [2.24, 2.45) is 35.5 Å². The number of ketones is 1. The van der Waals surface area contributed by atoms with Crippen LogP contribution < -0.4 is 0 Å². The molecule has 4 heterocycles. The van der Waals surface area contributed by atoms with Gasteiger partial charge in [-0.15, -0.1) is 0 Å². The minimum atomic E-state index is -1.23. The van der Waals surface area contributed by atoms with Gasteiger partial charge in [-0.05, 0) is 90.9 Å². The second kappa shape index (κ2) is 23.9. The van der Waals surface area contributed by atoms with Crippen LogP contribution >= 0.6 is 0 Å². The van der Waals surface area contributed by atoms with Gasteiger partial charge in [0.05, 0.1) is 49.6 Å². The number of rotatable bonds is 12. The molecule has 0 amide bonds. The molecule has 7 unspecified atom stereocenters. The zero-order chi connectivity index (χ0) is 45.3. The molecule has 15 nitrogen and oxygen atoms in total. The second-order valence-corrected chi connectivity index (χ2v) is 18.9. The SMILES string of the molecule is CC[C@H]1OC(=O)C[C@@H](O)[C@H](C)[C@@H](O[C@@H]2OC(C)[C@@H](O)C(N(C)C)C2O)[C@@H](CCN2CC(C)CC(C)C2)C[C@@H](C)C(=O)/C=C/C(C)=C/[C@@H]1CO[C@@H]1OC(C)[C@@H](O)C(OC)[C@@H]1OC. The van der Waals surface area contributed by atoms with E-state index in [4.69, 9.17) is 33.2 Å². The maximum Gasteiger partial charge on any atom is 0.308 e. The van der Waals surface area contributed by atoms with Gasteiger partial charge in [-0.3, -0.25) is 9.59 Å². The van der Waals surface area contributed by atoms with Gasteiger partial charge in [0.1, 0.15) is 30.5 Å². The van der Waals surface area contributed by atoms with Crippen LogP contribution in [0.15, 0.2) is 23.8 Å². The van der Waals surface area contributed by atoms with Crippen molar-refractivity contribution < 1.29 is 63.2 Å². The molecule has 0 aromatic heterocycles. The summed E-state index contributed by atoms with van der Waals surface area (Å²) in [6.45, 7) is 18.2. The lowest BCUT2D eigenvalue weighted by Gasteiger charge is -2.47. The van der Waals surface area contributed by atoms with Crippen molar-refractivity contribution in [2.75, 3.05) is 54.6 Å². The van der Waals surface area contributed by atoms with E-state index in [1.807, 2.05) is 33.8 Å². The summed E-state index contributed by atoms with van der Waals surface area (Å²) in [6, 6.07) is -0.684. The van der Waals surface area contributed by atoms with Crippen molar-refractivity contribution in [3.8, 4) is 0 Å². The highest BCUT2D eigenvalue weighted by Gasteiger charge is 2.48. The number of hydrogen-bond acceptors (Lipinski definition) is 15. The summed E-state index contributed by atoms with van der Waals surface area (Å²) in [5.41, 5.74) is 0.761. The van der Waals surface area contributed by atoms with Gasteiger partial charge in [0, 0.05) is 45.1 Å². The molecular weight excluding hydrogens is 789 g/mol. The number of nitrogens with zero attached hydrogens (tertiary/aromatic N) is 2. The molecule has 0 aromatic rings. The number of carbonyl (C=O) groups excluding carboxylic acids is 2. The van der Waals surface area contributed by atoms with Crippen LogP contribution in [0.4, 0.5) is 0 Å². The lowest BCUT2D eigenvalue weighted by atomic mass is 9.79. The average Bonchev–Trinajstić information content (AvgIpc) is 3.19. The molecule has 0 aliphatic carbocycles. The highest BCUT2D eigenvalue weighted by Crippen LogP contribution is 2.36. The van der Waals surface area contributed by atoms with Crippen molar-refractivity contribution >= 4 is 11.8 Å². The number of cyclic esters (lactones) is 1. The number of hydrogen-bond donors (Lipinski definition) is 4. The molecule has 4 rings (SSSR count). The predicted molar refractivity (Wildman–Crippen MR) is 229 cm³/mol. The molecular formula is C46H80N2O13. The van der Waals surface area contributed by atoms with Gasteiger partial charge >= 0.3 is 5.97 Å². The number of allylic oxidation sites excluding steroid dienone is 3. The van der Waals surface area contributed by atoms with E-state index in [0.29, 0.717) is 31.1 Å². The number of likely N-dealkylation sites (tertiary alicyclic amines) is 1. The first-order chi connectivity index (χ1) is 28.8. The number of ether oxygens (including phenoxy) is 7. The number of aliphatic hydroxyl groups is 4. The van der Waals surface area contributed by atoms with Crippen LogP contribution in [-0.4, -0.2) is 176 Å². The van der Waals surface area contributed by atoms with Crippen molar-refractivity contribution in [2.45, 2.75) is 167 Å². The fourth-order valence-corrected chi connectivity index (χ4v) is 10.0. The summed E-state index contributed by atoms with van der Waals surface area (Å²) in [5.74, 6) is -1.46. The van der Waals surface area contributed by atoms with E-state index >= 15 is 0 Å². The van der Waals surface area contributed by atoms with Gasteiger partial charge in [-0.2, -0.15) is 0 Å². The number of esters is 1. The molecule has 4 aliphatic heterocycles. The Hall–Kier alpha value is -1.86. The first-order valence-corrected chi connectivity index (χ1v) is 22.6. The Morgan fingerprint density at radius 2 is 1.44 bits per heavy atom. The van der Waals surface area contributed by atoms with Crippen molar-refractivity contribution in [3.63, 3.8) is 0 Å². The third-order valence-electron chi connectivity index (χ3n) is 13.5. The van der Waals surface area contributed by atoms with Crippen LogP contribution in [0.25, 0.3) is 0 Å². The van der Waals surface area contributed by atoms with E-state index in [-0.39, 0.29) is 24.7 Å². The predicted octanol–water partition coefficient (Wildman–Crippen LogP) is 3.34. The highest BCUT2D eigenvalue weighted by atomic mass is 16.7. The molecule has 0 saturated carbocycles. The van der Waals surface area contributed by atoms with E-state index in [1.165, 1.54) is 20.6 Å². The molecule has 352 valence electrons. The molecule has 0 spiro atoms. The van der Waals surface area contributed by atoms with Crippen LogP contribution in [0.5, 0.6) is 0 Å². The topological polar surface area (TPSA) is 186 Å². The molecule has 15 heteroatoms. The molecule has 3 fully saturated rings. The minimum absolute atomic E-state index is 0.0427. The summed E-state index contributed by atoms with van der Waals surface area (Å²) < 4.78 is 42.6. The van der Waals surface area contributed by atoms with Gasteiger partial charge in [0.25, 0.3) is 0 Å². The summed E-state index contributed by atoms with van der Waals surface area (Å²) in [4.78, 5) is 32.1. The van der Waals surface area contributed by atoms with E-state index < -0.39 is 103 Å². The molecule has 4 aliphatic rings. The van der Waals surface area contributed by atoms with Crippen LogP contribution in [0.1, 0.15) is 87.5 Å². The Kier molecular flexibility index (Phi) is 20.3. The van der Waals surface area contributed by atoms with Gasteiger partial charge in [-0.1, -0.05) is 52.3 Å². The fourth-order valence-electron chi connectivity index (χ4n) is 10.0. The van der Waals surface area contributed by atoms with Gasteiger partial charge in [0.2, 0.25) is 0 Å². The first kappa shape index (κ1) is 51.8. The Labute approximate surface area is 365 Å². The van der Waals surface area contributed by atoms with E-state index in [9.17, 15) is 30.0 Å². The van der Waals surface area contributed by atoms with Crippen LogP contribution in [-0.2, 0) is 42.7 Å². The third kappa shape index (κ3) is 13.8. The van der Waals surface area contributed by atoms with Crippen molar-refractivity contribution in [1.29, 1.82) is 0 Å². The van der Waals surface area contributed by atoms with E-state index in [1.54, 1.807) is 45.0 Å². The number of piperidine rings is 1. The number of aliphatic hydroxyl groups excluding tert-OH is 4. The maximum absolute atomic E-state index is 14.0. The molecule has 3 saturated heterocycles. The molecule has 0 aromatic carbocycles. The van der Waals surface area contributed by atoms with Crippen molar-refractivity contribution in [1.82, 2.24) is 9.80 Å². The molecule has 61 heavy (non-hydrogen) atoms. The second-order valence-electron chi connectivity index (χ2n) is 18.9. The zero-order valence-corrected chi connectivity index (χ0v) is 38.9. The van der Waals surface area contributed by atoms with Crippen molar-refractivity contribution in [3.05, 3.63) is 23.8 Å². The van der Waals surface area contributed by atoms with Crippen LogP contribution in [0.3, 0.4) is 0 Å². The van der Waals surface area contributed by atoms with Gasteiger partial charge in [0.15, 0.2) is 18.4 Å². The molecule has 0 bridgehead atoms. The number of carbonyl (C=O) groups is 2. The largest absolute Gasteiger partial charge is 0.462 e. The zero-order valence-electron chi connectivity index (χ0n) is 38.9. The summed E-state index contributed by atoms with van der Waals surface area (Å²) in [7, 11) is 6.54. The summed E-state index contributed by atoms with van der Waals surface area (Å²) >= 11 is 0. The Morgan fingerprint density at radius 3 is 2.05 bits per heavy atom. The minimum Gasteiger partial charge on any atom is -0.462 e. The van der Waals surface area contributed by atoms with Gasteiger partial charge in [-0.25, -0.2) is 0 Å². The standard InChI is InChI=1S/C46H80N2O13/c1-13-36-33(24-57-46-44(56-12)43(55-11)40(53)31(8)59-46)19-25(2)14-15-34(49)28(5)20-32(16-17-48-22-26(3)18-27(4)23-48)42(29(6)35(50)21-37(51)60-36)61-45-41(54)38(47(9)10)39(52)30(7)58-45/h14-15,19,26-33,35-36,38-46,50,52-54H,13,16-18,20-24H2,1-12H3/b15-14+,25-19+/t26?,27?,28-,29+,30?,31?,32+,33-,35-,36-,38?,39-,40-,41?,42-,43?,44+,45+,46-/m1/s1.